The number of rotatable bonds is 3. The van der Waals surface area contributed by atoms with Crippen LogP contribution >= 0.6 is 0 Å². The van der Waals surface area contributed by atoms with Crippen LogP contribution in [0.5, 0.6) is 5.75 Å². The Morgan fingerprint density at radius 2 is 2.05 bits per heavy atom. The van der Waals surface area contributed by atoms with Crippen LogP contribution in [-0.2, 0) is 7.05 Å². The smallest absolute Gasteiger partial charge is 0.125 e. The van der Waals surface area contributed by atoms with E-state index in [1.165, 1.54) is 16.8 Å². The first-order valence-corrected chi connectivity index (χ1v) is 7.42. The van der Waals surface area contributed by atoms with E-state index in [4.69, 9.17) is 4.74 Å². The highest BCUT2D eigenvalue weighted by Gasteiger charge is 2.41. The third kappa shape index (κ3) is 2.33. The van der Waals surface area contributed by atoms with Crippen molar-refractivity contribution in [3.05, 3.63) is 47.3 Å². The summed E-state index contributed by atoms with van der Waals surface area (Å²) in [7, 11) is 1.98. The van der Waals surface area contributed by atoms with E-state index in [0.717, 1.165) is 5.75 Å². The molecule has 2 atom stereocenters. The molecule has 1 N–H and O–H groups in total. The minimum atomic E-state index is -0.256. The van der Waals surface area contributed by atoms with E-state index < -0.39 is 0 Å². The number of nitrogens with one attached hydrogen (secondary N) is 1. The van der Waals surface area contributed by atoms with Crippen LogP contribution < -0.4 is 10.1 Å². The minimum absolute atomic E-state index is 0.170. The Balaban J connectivity index is 1.88. The van der Waals surface area contributed by atoms with Gasteiger partial charge in [0.25, 0.3) is 0 Å². The van der Waals surface area contributed by atoms with E-state index in [-0.39, 0.29) is 17.7 Å². The molecule has 0 radical (unpaired) electrons. The lowest BCUT2D eigenvalue weighted by atomic mass is 9.93. The molecule has 2 heterocycles. The molecule has 0 saturated carbocycles. The van der Waals surface area contributed by atoms with Gasteiger partial charge in [0.05, 0.1) is 12.2 Å². The van der Waals surface area contributed by atoms with Gasteiger partial charge in [-0.2, -0.15) is 5.10 Å². The lowest BCUT2D eigenvalue weighted by molar-refractivity contribution is 0.0918. The van der Waals surface area contributed by atoms with Crippen molar-refractivity contribution in [2.24, 2.45) is 7.05 Å². The second-order valence-electron chi connectivity index (χ2n) is 6.37. The molecule has 4 nitrogen and oxygen atoms in total. The van der Waals surface area contributed by atoms with Gasteiger partial charge in [-0.25, -0.2) is 0 Å². The molecule has 0 fully saturated rings. The topological polar surface area (TPSA) is 39.1 Å². The fraction of sp³-hybridized carbons (Fsp3) is 0.471. The molecule has 0 spiro atoms. The number of para-hydroxylation sites is 1. The maximum Gasteiger partial charge on any atom is 0.125 e. The predicted molar refractivity (Wildman–Crippen MR) is 83.4 cm³/mol. The first-order chi connectivity index (χ1) is 9.90. The van der Waals surface area contributed by atoms with Gasteiger partial charge < -0.3 is 4.74 Å². The molecular formula is C17H23N3O. The normalized spacial score (nSPS) is 20.9. The Bertz CT molecular complexity index is 660. The highest BCUT2D eigenvalue weighted by Crippen LogP contribution is 2.43. The molecule has 4 heteroatoms. The zero-order valence-corrected chi connectivity index (χ0v) is 13.3. The van der Waals surface area contributed by atoms with Gasteiger partial charge >= 0.3 is 0 Å². The van der Waals surface area contributed by atoms with Crippen LogP contribution in [0.3, 0.4) is 0 Å². The van der Waals surface area contributed by atoms with Crippen molar-refractivity contribution in [2.45, 2.75) is 45.4 Å². The third-order valence-corrected chi connectivity index (χ3v) is 4.45. The fourth-order valence-corrected chi connectivity index (χ4v) is 3.10. The number of nitrogens with zero attached hydrogens (tertiary/aromatic N) is 2. The van der Waals surface area contributed by atoms with Crippen LogP contribution in [0.25, 0.3) is 0 Å². The van der Waals surface area contributed by atoms with E-state index in [2.05, 4.69) is 50.2 Å². The number of aryl methyl sites for hydroxylation is 1. The molecule has 0 amide bonds. The predicted octanol–water partition coefficient (Wildman–Crippen LogP) is 3.29. The summed E-state index contributed by atoms with van der Waals surface area (Å²) < 4.78 is 8.01. The van der Waals surface area contributed by atoms with Crippen molar-refractivity contribution in [1.82, 2.24) is 15.1 Å². The van der Waals surface area contributed by atoms with Crippen LogP contribution in [-0.4, -0.2) is 15.4 Å². The molecular weight excluding hydrogens is 262 g/mol. The van der Waals surface area contributed by atoms with Crippen molar-refractivity contribution < 1.29 is 4.74 Å². The Morgan fingerprint density at radius 3 is 2.71 bits per heavy atom. The Kier molecular flexibility index (Phi) is 3.29. The van der Waals surface area contributed by atoms with E-state index in [0.29, 0.717) is 0 Å². The number of ether oxygens (including phenoxy) is 1. The summed E-state index contributed by atoms with van der Waals surface area (Å²) in [5.74, 6) is 0.982. The molecule has 0 bridgehead atoms. The van der Waals surface area contributed by atoms with Gasteiger partial charge in [0, 0.05) is 29.9 Å². The Morgan fingerprint density at radius 1 is 1.33 bits per heavy atom. The second-order valence-corrected chi connectivity index (χ2v) is 6.37. The molecule has 3 rings (SSSR count). The largest absolute Gasteiger partial charge is 0.486 e. The van der Waals surface area contributed by atoms with Crippen molar-refractivity contribution in [1.29, 1.82) is 0 Å². The molecule has 1 aliphatic heterocycles. The Hall–Kier alpha value is -1.81. The number of fused-ring (bicyclic) bond motifs is 1. The van der Waals surface area contributed by atoms with Crippen LogP contribution in [0.2, 0.25) is 0 Å². The van der Waals surface area contributed by atoms with Crippen LogP contribution in [0.1, 0.15) is 49.7 Å². The standard InChI is InChI=1S/C17H23N3O/c1-11(14-10-18-20(5)12(14)2)19-16-13-8-6-7-9-15(13)21-17(16,3)4/h6-11,16,19H,1-5H3. The Labute approximate surface area is 126 Å². The highest BCUT2D eigenvalue weighted by molar-refractivity contribution is 5.42. The molecule has 2 aromatic rings. The lowest BCUT2D eigenvalue weighted by Crippen LogP contribution is -2.40. The molecule has 2 unspecified atom stereocenters. The summed E-state index contributed by atoms with van der Waals surface area (Å²) in [5.41, 5.74) is 3.40. The summed E-state index contributed by atoms with van der Waals surface area (Å²) in [6, 6.07) is 8.66. The molecule has 0 saturated heterocycles. The average Bonchev–Trinajstić information content (AvgIpc) is 2.88. The number of hydrogen-bond donors (Lipinski definition) is 1. The first-order valence-electron chi connectivity index (χ1n) is 7.42. The zero-order chi connectivity index (χ0) is 15.2. The SMILES string of the molecule is Cc1c(C(C)NC2c3ccccc3OC2(C)C)cnn1C. The fourth-order valence-electron chi connectivity index (χ4n) is 3.10. The molecule has 1 aromatic heterocycles. The van der Waals surface area contributed by atoms with Crippen LogP contribution in [0, 0.1) is 6.92 Å². The van der Waals surface area contributed by atoms with Crippen LogP contribution in [0.4, 0.5) is 0 Å². The van der Waals surface area contributed by atoms with Crippen molar-refractivity contribution in [3.63, 3.8) is 0 Å². The van der Waals surface area contributed by atoms with Gasteiger partial charge in [-0.3, -0.25) is 10.00 Å². The second kappa shape index (κ2) is 4.88. The molecule has 1 aliphatic rings. The van der Waals surface area contributed by atoms with E-state index in [1.54, 1.807) is 0 Å². The van der Waals surface area contributed by atoms with Crippen LogP contribution in [0.15, 0.2) is 30.5 Å². The average molecular weight is 285 g/mol. The van der Waals surface area contributed by atoms with Crippen molar-refractivity contribution in [3.8, 4) is 5.75 Å². The highest BCUT2D eigenvalue weighted by atomic mass is 16.5. The van der Waals surface area contributed by atoms with E-state index in [9.17, 15) is 0 Å². The third-order valence-electron chi connectivity index (χ3n) is 4.45. The van der Waals surface area contributed by atoms with Gasteiger partial charge in [-0.15, -0.1) is 0 Å². The molecule has 0 aliphatic carbocycles. The zero-order valence-electron chi connectivity index (χ0n) is 13.3. The number of benzene rings is 1. The van der Waals surface area contributed by atoms with E-state index >= 15 is 0 Å². The quantitative estimate of drug-likeness (QED) is 0.940. The van der Waals surface area contributed by atoms with Crippen molar-refractivity contribution in [2.75, 3.05) is 0 Å². The number of aromatic nitrogens is 2. The lowest BCUT2D eigenvalue weighted by Gasteiger charge is -2.30. The summed E-state index contributed by atoms with van der Waals surface area (Å²) in [6.45, 7) is 8.55. The maximum atomic E-state index is 6.10. The maximum absolute atomic E-state index is 6.10. The van der Waals surface area contributed by atoms with Gasteiger partial charge in [0.1, 0.15) is 11.4 Å². The van der Waals surface area contributed by atoms with Crippen molar-refractivity contribution >= 4 is 0 Å². The molecule has 1 aromatic carbocycles. The molecule has 112 valence electrons. The number of hydrogen-bond acceptors (Lipinski definition) is 3. The monoisotopic (exact) mass is 285 g/mol. The minimum Gasteiger partial charge on any atom is -0.486 e. The summed E-state index contributed by atoms with van der Waals surface area (Å²) in [4.78, 5) is 0. The van der Waals surface area contributed by atoms with Gasteiger partial charge in [0.15, 0.2) is 0 Å². The summed E-state index contributed by atoms with van der Waals surface area (Å²) in [5, 5.41) is 8.06. The molecule has 21 heavy (non-hydrogen) atoms. The summed E-state index contributed by atoms with van der Waals surface area (Å²) in [6.07, 6.45) is 1.95. The first kappa shape index (κ1) is 14.1. The van der Waals surface area contributed by atoms with Gasteiger partial charge in [0.2, 0.25) is 0 Å². The van der Waals surface area contributed by atoms with Gasteiger partial charge in [-0.05, 0) is 33.8 Å². The van der Waals surface area contributed by atoms with E-state index in [1.807, 2.05) is 30.1 Å². The van der Waals surface area contributed by atoms with Gasteiger partial charge in [-0.1, -0.05) is 18.2 Å². The summed E-state index contributed by atoms with van der Waals surface area (Å²) >= 11 is 0.